The second-order valence-corrected chi connectivity index (χ2v) is 8.20. The number of ether oxygens (including phenoxy) is 1. The highest BCUT2D eigenvalue weighted by atomic mass is 35.5. The SMILES string of the molecule is CC(C)n1c(C(F)F)nc2cc(C(=O)Nc3ccc(OC(F)(F)Cl)cc3)cc(-c3cccnn3)c21. The van der Waals surface area contributed by atoms with Crippen molar-refractivity contribution in [2.75, 3.05) is 5.32 Å². The van der Waals surface area contributed by atoms with Crippen molar-refractivity contribution in [2.45, 2.75) is 31.9 Å². The molecular weight excluding hydrogens is 490 g/mol. The van der Waals surface area contributed by atoms with Crippen LogP contribution in [0.1, 0.15) is 42.5 Å². The van der Waals surface area contributed by atoms with Gasteiger partial charge in [-0.2, -0.15) is 10.2 Å². The van der Waals surface area contributed by atoms with Crippen molar-refractivity contribution < 1.29 is 27.1 Å². The summed E-state index contributed by atoms with van der Waals surface area (Å²) in [4.78, 5) is 17.1. The Balaban J connectivity index is 1.76. The highest BCUT2D eigenvalue weighted by Crippen LogP contribution is 2.35. The molecule has 0 spiro atoms. The number of carbonyl (C=O) groups is 1. The lowest BCUT2D eigenvalue weighted by Gasteiger charge is -2.15. The molecule has 35 heavy (non-hydrogen) atoms. The maximum absolute atomic E-state index is 13.8. The van der Waals surface area contributed by atoms with E-state index >= 15 is 0 Å². The number of anilines is 1. The van der Waals surface area contributed by atoms with Gasteiger partial charge < -0.3 is 14.6 Å². The predicted octanol–water partition coefficient (Wildman–Crippen LogP) is 6.43. The van der Waals surface area contributed by atoms with Crippen LogP contribution in [-0.4, -0.2) is 31.2 Å². The van der Waals surface area contributed by atoms with Crippen LogP contribution >= 0.6 is 11.6 Å². The minimum atomic E-state index is -3.87. The van der Waals surface area contributed by atoms with Crippen molar-refractivity contribution in [3.05, 3.63) is 66.1 Å². The molecule has 2 aromatic carbocycles. The lowest BCUT2D eigenvalue weighted by molar-refractivity contribution is -0.0964. The van der Waals surface area contributed by atoms with E-state index in [1.165, 1.54) is 47.2 Å². The molecule has 2 aromatic heterocycles. The number of alkyl halides is 5. The van der Waals surface area contributed by atoms with Crippen LogP contribution < -0.4 is 10.1 Å². The lowest BCUT2D eigenvalue weighted by Crippen LogP contribution is -2.16. The standard InChI is InChI=1S/C23H18ClF4N5O2/c1-12(2)33-19-16(17-4-3-9-29-32-17)10-13(11-18(19)31-21(33)20(25)26)22(34)30-14-5-7-15(8-6-14)35-23(24,27)28/h3-12,20H,1-2H3,(H,30,34). The van der Waals surface area contributed by atoms with E-state index in [0.717, 1.165) is 0 Å². The van der Waals surface area contributed by atoms with Crippen LogP contribution in [0.4, 0.5) is 23.2 Å². The second-order valence-electron chi connectivity index (χ2n) is 7.76. The van der Waals surface area contributed by atoms with Gasteiger partial charge >= 0.3 is 5.57 Å². The number of aromatic nitrogens is 4. The van der Waals surface area contributed by atoms with Gasteiger partial charge in [0.1, 0.15) is 5.75 Å². The fourth-order valence-electron chi connectivity index (χ4n) is 3.64. The first-order valence-corrected chi connectivity index (χ1v) is 10.7. The summed E-state index contributed by atoms with van der Waals surface area (Å²) < 4.78 is 58.8. The monoisotopic (exact) mass is 507 g/mol. The van der Waals surface area contributed by atoms with Crippen molar-refractivity contribution in [2.24, 2.45) is 0 Å². The Morgan fingerprint density at radius 2 is 1.86 bits per heavy atom. The number of carbonyl (C=O) groups excluding carboxylic acids is 1. The molecule has 1 amide bonds. The Morgan fingerprint density at radius 1 is 1.14 bits per heavy atom. The fraction of sp³-hybridized carbons (Fsp3) is 0.217. The molecule has 0 aliphatic heterocycles. The normalized spacial score (nSPS) is 11.9. The number of nitrogens with one attached hydrogen (secondary N) is 1. The van der Waals surface area contributed by atoms with E-state index in [2.05, 4.69) is 25.2 Å². The number of fused-ring (bicyclic) bond motifs is 1. The predicted molar refractivity (Wildman–Crippen MR) is 122 cm³/mol. The number of hydrogen-bond acceptors (Lipinski definition) is 5. The third-order valence-electron chi connectivity index (χ3n) is 4.98. The minimum absolute atomic E-state index is 0.125. The molecular formula is C23H18ClF4N5O2. The first-order chi connectivity index (χ1) is 16.5. The molecule has 0 saturated carbocycles. The Hall–Kier alpha value is -3.73. The molecule has 2 heterocycles. The summed E-state index contributed by atoms with van der Waals surface area (Å²) in [5.41, 5.74) is -2.10. The molecule has 4 aromatic rings. The molecule has 182 valence electrons. The van der Waals surface area contributed by atoms with E-state index < -0.39 is 23.7 Å². The summed E-state index contributed by atoms with van der Waals surface area (Å²) in [5.74, 6) is -1.21. The maximum Gasteiger partial charge on any atom is 0.487 e. The van der Waals surface area contributed by atoms with E-state index in [0.29, 0.717) is 16.8 Å². The highest BCUT2D eigenvalue weighted by molar-refractivity contribution is 6.20. The number of amides is 1. The third-order valence-corrected chi connectivity index (χ3v) is 5.06. The molecule has 0 unspecified atom stereocenters. The van der Waals surface area contributed by atoms with Gasteiger partial charge in [-0.3, -0.25) is 4.79 Å². The Morgan fingerprint density at radius 3 is 2.43 bits per heavy atom. The molecule has 0 saturated heterocycles. The largest absolute Gasteiger partial charge is 0.487 e. The van der Waals surface area contributed by atoms with E-state index in [1.807, 2.05) is 0 Å². The molecule has 1 N–H and O–H groups in total. The Labute approximate surface area is 201 Å². The molecule has 4 rings (SSSR count). The summed E-state index contributed by atoms with van der Waals surface area (Å²) in [6, 6.07) is 11.0. The number of benzene rings is 2. The molecule has 7 nitrogen and oxygen atoms in total. The van der Waals surface area contributed by atoms with Gasteiger partial charge in [0.2, 0.25) is 0 Å². The molecule has 0 aliphatic rings. The van der Waals surface area contributed by atoms with E-state index in [1.54, 1.807) is 26.0 Å². The maximum atomic E-state index is 13.8. The summed E-state index contributed by atoms with van der Waals surface area (Å²) >= 11 is 4.75. The molecule has 0 atom stereocenters. The molecule has 0 bridgehead atoms. The number of rotatable bonds is 7. The van der Waals surface area contributed by atoms with Crippen LogP contribution in [0.15, 0.2) is 54.7 Å². The van der Waals surface area contributed by atoms with Crippen molar-refractivity contribution in [1.29, 1.82) is 0 Å². The highest BCUT2D eigenvalue weighted by Gasteiger charge is 2.28. The Bertz CT molecular complexity index is 1360. The van der Waals surface area contributed by atoms with E-state index in [-0.39, 0.29) is 28.6 Å². The second kappa shape index (κ2) is 9.49. The van der Waals surface area contributed by atoms with Crippen LogP contribution in [0.5, 0.6) is 5.75 Å². The van der Waals surface area contributed by atoms with Gasteiger partial charge in [-0.15, -0.1) is 8.78 Å². The third kappa shape index (κ3) is 5.35. The topological polar surface area (TPSA) is 81.9 Å². The molecule has 12 heteroatoms. The zero-order valence-electron chi connectivity index (χ0n) is 18.3. The van der Waals surface area contributed by atoms with Crippen LogP contribution in [0.3, 0.4) is 0 Å². The van der Waals surface area contributed by atoms with Gasteiger partial charge in [-0.05, 0) is 62.4 Å². The van der Waals surface area contributed by atoms with Crippen LogP contribution in [-0.2, 0) is 0 Å². The van der Waals surface area contributed by atoms with Crippen LogP contribution in [0.2, 0.25) is 0 Å². The van der Waals surface area contributed by atoms with Crippen molar-refractivity contribution in [1.82, 2.24) is 19.7 Å². The van der Waals surface area contributed by atoms with Gasteiger partial charge in [0, 0.05) is 40.7 Å². The van der Waals surface area contributed by atoms with Gasteiger partial charge in [-0.1, -0.05) is 0 Å². The number of imidazole rings is 1. The zero-order valence-corrected chi connectivity index (χ0v) is 19.1. The number of halogens is 5. The Kier molecular flexibility index (Phi) is 6.62. The molecule has 0 aliphatic carbocycles. The van der Waals surface area contributed by atoms with E-state index in [9.17, 15) is 22.4 Å². The van der Waals surface area contributed by atoms with Crippen molar-refractivity contribution >= 4 is 34.2 Å². The molecule has 0 radical (unpaired) electrons. The zero-order chi connectivity index (χ0) is 25.3. The number of nitrogens with zero attached hydrogens (tertiary/aromatic N) is 4. The van der Waals surface area contributed by atoms with Gasteiger partial charge in [0.05, 0.1) is 16.7 Å². The minimum Gasteiger partial charge on any atom is -0.420 e. The molecule has 0 fully saturated rings. The first-order valence-electron chi connectivity index (χ1n) is 10.3. The average molecular weight is 508 g/mol. The fourth-order valence-corrected chi connectivity index (χ4v) is 3.73. The van der Waals surface area contributed by atoms with Crippen LogP contribution in [0, 0.1) is 0 Å². The quantitative estimate of drug-likeness (QED) is 0.230. The van der Waals surface area contributed by atoms with Gasteiger partial charge in [0.15, 0.2) is 5.82 Å². The van der Waals surface area contributed by atoms with Crippen LogP contribution in [0.25, 0.3) is 22.3 Å². The summed E-state index contributed by atoms with van der Waals surface area (Å²) in [6.45, 7) is 3.50. The van der Waals surface area contributed by atoms with Crippen molar-refractivity contribution in [3.63, 3.8) is 0 Å². The van der Waals surface area contributed by atoms with Gasteiger partial charge in [-0.25, -0.2) is 13.8 Å². The number of hydrogen-bond donors (Lipinski definition) is 1. The van der Waals surface area contributed by atoms with E-state index in [4.69, 9.17) is 11.6 Å². The summed E-state index contributed by atoms with van der Waals surface area (Å²) in [7, 11) is 0. The lowest BCUT2D eigenvalue weighted by atomic mass is 10.0. The smallest absolute Gasteiger partial charge is 0.420 e. The summed E-state index contributed by atoms with van der Waals surface area (Å²) in [6.07, 6.45) is -1.37. The summed E-state index contributed by atoms with van der Waals surface area (Å²) in [5, 5.41) is 10.6. The van der Waals surface area contributed by atoms with Gasteiger partial charge in [0.25, 0.3) is 12.3 Å². The average Bonchev–Trinajstić information content (AvgIpc) is 3.20. The first kappa shape index (κ1) is 24.4. The van der Waals surface area contributed by atoms with Crippen molar-refractivity contribution in [3.8, 4) is 17.0 Å².